The van der Waals surface area contributed by atoms with Gasteiger partial charge in [0, 0.05) is 26.2 Å². The predicted molar refractivity (Wildman–Crippen MR) is 84.5 cm³/mol. The Hall–Kier alpha value is -1.03. The van der Waals surface area contributed by atoms with Crippen molar-refractivity contribution in [3.63, 3.8) is 0 Å². The molecule has 7 nitrogen and oxygen atoms in total. The number of aryl methyl sites for hydroxylation is 1. The molecule has 9 heteroatoms. The molecule has 0 radical (unpaired) electrons. The van der Waals surface area contributed by atoms with Gasteiger partial charge in [-0.3, -0.25) is 4.90 Å². The molecule has 0 aromatic carbocycles. The first kappa shape index (κ1) is 16.3. The monoisotopic (exact) mass is 331 g/mol. The Kier molecular flexibility index (Phi) is 4.39. The van der Waals surface area contributed by atoms with E-state index in [1.807, 2.05) is 13.8 Å². The number of imidazole rings is 1. The van der Waals surface area contributed by atoms with Gasteiger partial charge in [0.05, 0.1) is 16.7 Å². The molecular formula is C12H21N5O2S2. The van der Waals surface area contributed by atoms with E-state index in [2.05, 4.69) is 14.9 Å². The first-order valence-electron chi connectivity index (χ1n) is 6.72. The molecule has 1 fully saturated rings. The van der Waals surface area contributed by atoms with E-state index in [9.17, 15) is 8.42 Å². The standard InChI is InChI=1S/C12H21N5O2S2/c1-9-14-8-10(15-9)21(18,19)17-6-4-16(5-7-17)12(2,3)11(13)20/h8H,4-7H2,1-3H3,(H2,13,20)(H,14,15). The minimum Gasteiger partial charge on any atom is -0.392 e. The van der Waals surface area contributed by atoms with Crippen LogP contribution in [0.2, 0.25) is 0 Å². The minimum absolute atomic E-state index is 0.141. The summed E-state index contributed by atoms with van der Waals surface area (Å²) in [5.41, 5.74) is 5.35. The second-order valence-electron chi connectivity index (χ2n) is 5.65. The zero-order valence-electron chi connectivity index (χ0n) is 12.5. The van der Waals surface area contributed by atoms with Crippen LogP contribution in [0.25, 0.3) is 0 Å². The van der Waals surface area contributed by atoms with Gasteiger partial charge in [-0.25, -0.2) is 13.4 Å². The van der Waals surface area contributed by atoms with Crippen LogP contribution < -0.4 is 5.73 Å². The first-order valence-corrected chi connectivity index (χ1v) is 8.57. The van der Waals surface area contributed by atoms with Crippen molar-refractivity contribution in [2.45, 2.75) is 31.3 Å². The number of rotatable bonds is 4. The maximum atomic E-state index is 12.5. The van der Waals surface area contributed by atoms with E-state index in [4.69, 9.17) is 18.0 Å². The molecule has 1 aliphatic rings. The molecule has 2 rings (SSSR count). The first-order chi connectivity index (χ1) is 9.65. The fourth-order valence-electron chi connectivity index (χ4n) is 2.31. The van der Waals surface area contributed by atoms with Crippen molar-refractivity contribution < 1.29 is 8.42 Å². The Morgan fingerprint density at radius 3 is 2.38 bits per heavy atom. The summed E-state index contributed by atoms with van der Waals surface area (Å²) < 4.78 is 26.4. The number of aromatic amines is 1. The molecule has 2 heterocycles. The highest BCUT2D eigenvalue weighted by Crippen LogP contribution is 2.21. The van der Waals surface area contributed by atoms with Gasteiger partial charge in [0.1, 0.15) is 5.82 Å². The van der Waals surface area contributed by atoms with Gasteiger partial charge in [-0.2, -0.15) is 4.31 Å². The zero-order chi connectivity index (χ0) is 15.8. The number of nitrogens with zero attached hydrogens (tertiary/aromatic N) is 3. The Morgan fingerprint density at radius 2 is 1.95 bits per heavy atom. The van der Waals surface area contributed by atoms with Crippen LogP contribution in [0, 0.1) is 6.92 Å². The van der Waals surface area contributed by atoms with Crippen LogP contribution in [-0.2, 0) is 10.0 Å². The molecule has 1 saturated heterocycles. The fourth-order valence-corrected chi connectivity index (χ4v) is 3.83. The van der Waals surface area contributed by atoms with Gasteiger partial charge in [0.25, 0.3) is 10.0 Å². The van der Waals surface area contributed by atoms with Gasteiger partial charge < -0.3 is 10.7 Å². The summed E-state index contributed by atoms with van der Waals surface area (Å²) in [5, 5.41) is 0.141. The summed E-state index contributed by atoms with van der Waals surface area (Å²) in [4.78, 5) is 9.26. The van der Waals surface area contributed by atoms with Gasteiger partial charge in [0.2, 0.25) is 0 Å². The van der Waals surface area contributed by atoms with E-state index in [-0.39, 0.29) is 5.03 Å². The zero-order valence-corrected chi connectivity index (χ0v) is 14.1. The molecule has 0 amide bonds. The lowest BCUT2D eigenvalue weighted by Gasteiger charge is -2.42. The lowest BCUT2D eigenvalue weighted by molar-refractivity contribution is 0.123. The number of piperazine rings is 1. The van der Waals surface area contributed by atoms with E-state index in [1.165, 1.54) is 10.5 Å². The fraction of sp³-hybridized carbons (Fsp3) is 0.667. The SMILES string of the molecule is Cc1ncc(S(=O)(=O)N2CCN(C(C)(C)C(N)=S)CC2)[nH]1. The average Bonchev–Trinajstić information content (AvgIpc) is 2.86. The van der Waals surface area contributed by atoms with Crippen molar-refractivity contribution in [1.82, 2.24) is 19.2 Å². The van der Waals surface area contributed by atoms with Crippen LogP contribution in [0.1, 0.15) is 19.7 Å². The number of H-pyrrole nitrogens is 1. The van der Waals surface area contributed by atoms with E-state index >= 15 is 0 Å². The van der Waals surface area contributed by atoms with E-state index < -0.39 is 15.6 Å². The lowest BCUT2D eigenvalue weighted by atomic mass is 10.0. The van der Waals surface area contributed by atoms with Crippen LogP contribution in [0.5, 0.6) is 0 Å². The van der Waals surface area contributed by atoms with Crippen LogP contribution in [0.4, 0.5) is 0 Å². The summed E-state index contributed by atoms with van der Waals surface area (Å²) in [6.45, 7) is 7.64. The quantitative estimate of drug-likeness (QED) is 0.759. The summed E-state index contributed by atoms with van der Waals surface area (Å²) in [6, 6.07) is 0. The number of hydrogen-bond donors (Lipinski definition) is 2. The number of aromatic nitrogens is 2. The van der Waals surface area contributed by atoms with Crippen LogP contribution in [0.3, 0.4) is 0 Å². The van der Waals surface area contributed by atoms with Crippen molar-refractivity contribution in [2.24, 2.45) is 5.73 Å². The molecule has 118 valence electrons. The second kappa shape index (κ2) is 5.64. The Labute approximate surface area is 130 Å². The highest BCUT2D eigenvalue weighted by Gasteiger charge is 2.36. The molecule has 1 aromatic heterocycles. The maximum Gasteiger partial charge on any atom is 0.260 e. The normalized spacial score (nSPS) is 18.8. The van der Waals surface area contributed by atoms with Crippen LogP contribution in [0.15, 0.2) is 11.2 Å². The Morgan fingerprint density at radius 1 is 1.38 bits per heavy atom. The molecule has 1 aromatic rings. The van der Waals surface area contributed by atoms with Crippen molar-refractivity contribution in [3.8, 4) is 0 Å². The molecule has 3 N–H and O–H groups in total. The Bertz CT molecular complexity index is 630. The van der Waals surface area contributed by atoms with E-state index in [0.717, 1.165) is 0 Å². The highest BCUT2D eigenvalue weighted by atomic mass is 32.2. The molecule has 0 aliphatic carbocycles. The molecule has 1 aliphatic heterocycles. The van der Waals surface area contributed by atoms with Gasteiger partial charge in [-0.05, 0) is 20.8 Å². The third-order valence-corrected chi connectivity index (χ3v) is 6.24. The van der Waals surface area contributed by atoms with Crippen LogP contribution >= 0.6 is 12.2 Å². The third kappa shape index (κ3) is 3.10. The smallest absolute Gasteiger partial charge is 0.260 e. The second-order valence-corrected chi connectivity index (χ2v) is 7.99. The number of nitrogens with two attached hydrogens (primary N) is 1. The van der Waals surface area contributed by atoms with Crippen molar-refractivity contribution in [2.75, 3.05) is 26.2 Å². The lowest BCUT2D eigenvalue weighted by Crippen LogP contribution is -2.59. The molecule has 0 bridgehead atoms. The topological polar surface area (TPSA) is 95.3 Å². The molecule has 21 heavy (non-hydrogen) atoms. The molecule has 0 saturated carbocycles. The van der Waals surface area contributed by atoms with Gasteiger partial charge in [0.15, 0.2) is 5.03 Å². The average molecular weight is 331 g/mol. The molecule has 0 unspecified atom stereocenters. The summed E-state index contributed by atoms with van der Waals surface area (Å²) in [5.74, 6) is 0.585. The minimum atomic E-state index is -3.51. The highest BCUT2D eigenvalue weighted by molar-refractivity contribution is 7.89. The number of sulfonamides is 1. The molecule has 0 spiro atoms. The molecule has 0 atom stereocenters. The van der Waals surface area contributed by atoms with Gasteiger partial charge in [-0.15, -0.1) is 0 Å². The van der Waals surface area contributed by atoms with Crippen molar-refractivity contribution in [3.05, 3.63) is 12.0 Å². The number of nitrogens with one attached hydrogen (secondary N) is 1. The van der Waals surface area contributed by atoms with Gasteiger partial charge in [-0.1, -0.05) is 12.2 Å². The third-order valence-electron chi connectivity index (χ3n) is 3.93. The van der Waals surface area contributed by atoms with E-state index in [1.54, 1.807) is 6.92 Å². The summed E-state index contributed by atoms with van der Waals surface area (Å²) in [7, 11) is -3.51. The number of thiocarbonyl (C=S) groups is 1. The largest absolute Gasteiger partial charge is 0.392 e. The number of hydrogen-bond acceptors (Lipinski definition) is 5. The van der Waals surface area contributed by atoms with Gasteiger partial charge >= 0.3 is 0 Å². The maximum absolute atomic E-state index is 12.5. The van der Waals surface area contributed by atoms with Crippen molar-refractivity contribution in [1.29, 1.82) is 0 Å². The van der Waals surface area contributed by atoms with Crippen molar-refractivity contribution >= 4 is 27.2 Å². The predicted octanol–water partition coefficient (Wildman–Crippen LogP) is 0.0891. The van der Waals surface area contributed by atoms with Crippen LogP contribution in [-0.4, -0.2) is 64.3 Å². The summed E-state index contributed by atoms with van der Waals surface area (Å²) in [6.07, 6.45) is 1.36. The van der Waals surface area contributed by atoms with E-state index in [0.29, 0.717) is 37.0 Å². The molecular weight excluding hydrogens is 310 g/mol. The Balaban J connectivity index is 2.09. The summed E-state index contributed by atoms with van der Waals surface area (Å²) >= 11 is 5.09.